The fourth-order valence-corrected chi connectivity index (χ4v) is 2.27. The molecule has 1 fully saturated rings. The highest BCUT2D eigenvalue weighted by atomic mass is 15.1. The van der Waals surface area contributed by atoms with Gasteiger partial charge in [-0.1, -0.05) is 20.3 Å². The van der Waals surface area contributed by atoms with Crippen LogP contribution in [0.15, 0.2) is 6.07 Å². The molecule has 0 saturated heterocycles. The second kappa shape index (κ2) is 6.73. The largest absolute Gasteiger partial charge is 0.370 e. The zero-order chi connectivity index (χ0) is 13.7. The lowest BCUT2D eigenvalue weighted by Crippen LogP contribution is -2.19. The smallest absolute Gasteiger partial charge is 0.136 e. The van der Waals surface area contributed by atoms with Crippen LogP contribution in [0.4, 0.5) is 11.6 Å². The van der Waals surface area contributed by atoms with Crippen molar-refractivity contribution in [1.82, 2.24) is 9.97 Å². The first-order valence-electron chi connectivity index (χ1n) is 7.66. The van der Waals surface area contributed by atoms with Gasteiger partial charge in [-0.2, -0.15) is 0 Å². The highest BCUT2D eigenvalue weighted by Crippen LogP contribution is 2.38. The number of hydrogen-bond acceptors (Lipinski definition) is 4. The molecule has 1 unspecified atom stereocenters. The molecule has 2 N–H and O–H groups in total. The van der Waals surface area contributed by atoms with Crippen LogP contribution in [-0.2, 0) is 0 Å². The van der Waals surface area contributed by atoms with Gasteiger partial charge in [0, 0.05) is 24.6 Å². The van der Waals surface area contributed by atoms with Gasteiger partial charge < -0.3 is 10.6 Å². The van der Waals surface area contributed by atoms with E-state index in [0.717, 1.165) is 30.4 Å². The van der Waals surface area contributed by atoms with Crippen molar-refractivity contribution in [1.29, 1.82) is 0 Å². The van der Waals surface area contributed by atoms with Crippen LogP contribution in [-0.4, -0.2) is 22.6 Å². The first-order valence-corrected chi connectivity index (χ1v) is 7.66. The summed E-state index contributed by atoms with van der Waals surface area (Å²) in [6.45, 7) is 7.44. The predicted molar refractivity (Wildman–Crippen MR) is 80.8 cm³/mol. The van der Waals surface area contributed by atoms with Gasteiger partial charge in [0.2, 0.25) is 0 Å². The molecule has 1 aromatic rings. The molecule has 0 spiro atoms. The van der Waals surface area contributed by atoms with Gasteiger partial charge >= 0.3 is 0 Å². The summed E-state index contributed by atoms with van der Waals surface area (Å²) in [4.78, 5) is 9.29. The Morgan fingerprint density at radius 2 is 1.95 bits per heavy atom. The van der Waals surface area contributed by atoms with E-state index in [1.807, 2.05) is 6.07 Å². The summed E-state index contributed by atoms with van der Waals surface area (Å²) in [5.74, 6) is 3.53. The van der Waals surface area contributed by atoms with Gasteiger partial charge in [-0.05, 0) is 32.6 Å². The summed E-state index contributed by atoms with van der Waals surface area (Å²) in [6.07, 6.45) is 6.00. The monoisotopic (exact) mass is 262 g/mol. The van der Waals surface area contributed by atoms with Gasteiger partial charge in [0.25, 0.3) is 0 Å². The highest BCUT2D eigenvalue weighted by molar-refractivity contribution is 5.48. The Morgan fingerprint density at radius 1 is 1.21 bits per heavy atom. The lowest BCUT2D eigenvalue weighted by atomic mass is 10.1. The summed E-state index contributed by atoms with van der Waals surface area (Å²) in [6, 6.07) is 2.55. The minimum atomic E-state index is 0.515. The normalized spacial score (nSPS) is 16.2. The van der Waals surface area contributed by atoms with Crippen molar-refractivity contribution in [2.75, 3.05) is 17.2 Å². The molecule has 1 aromatic heterocycles. The topological polar surface area (TPSA) is 49.8 Å². The van der Waals surface area contributed by atoms with E-state index in [2.05, 4.69) is 41.4 Å². The Morgan fingerprint density at radius 3 is 2.53 bits per heavy atom. The second-order valence-corrected chi connectivity index (χ2v) is 5.34. The molecule has 0 amide bonds. The predicted octanol–water partition coefficient (Wildman–Crippen LogP) is 3.78. The Balaban J connectivity index is 2.13. The van der Waals surface area contributed by atoms with Gasteiger partial charge in [-0.3, -0.25) is 0 Å². The fourth-order valence-electron chi connectivity index (χ4n) is 2.27. The van der Waals surface area contributed by atoms with Crippen molar-refractivity contribution in [3.63, 3.8) is 0 Å². The molecular weight excluding hydrogens is 236 g/mol. The molecule has 1 heterocycles. The third kappa shape index (κ3) is 4.08. The Labute approximate surface area is 116 Å². The van der Waals surface area contributed by atoms with Crippen LogP contribution in [0.1, 0.15) is 64.6 Å². The molecule has 0 aliphatic heterocycles. The number of nitrogens with zero attached hydrogens (tertiary/aromatic N) is 2. The zero-order valence-electron chi connectivity index (χ0n) is 12.4. The summed E-state index contributed by atoms with van der Waals surface area (Å²) >= 11 is 0. The van der Waals surface area contributed by atoms with Gasteiger partial charge in [0.15, 0.2) is 0 Å². The summed E-state index contributed by atoms with van der Waals surface area (Å²) in [5.41, 5.74) is 0. The molecule has 4 nitrogen and oxygen atoms in total. The maximum Gasteiger partial charge on any atom is 0.136 e. The maximum atomic E-state index is 4.69. The third-order valence-electron chi connectivity index (χ3n) is 3.53. The van der Waals surface area contributed by atoms with Gasteiger partial charge in [0.1, 0.15) is 17.5 Å². The number of anilines is 2. The molecule has 2 rings (SSSR count). The van der Waals surface area contributed by atoms with E-state index in [4.69, 9.17) is 0 Å². The van der Waals surface area contributed by atoms with Crippen molar-refractivity contribution in [3.05, 3.63) is 11.9 Å². The van der Waals surface area contributed by atoms with E-state index in [9.17, 15) is 0 Å². The molecule has 1 atom stereocenters. The quantitative estimate of drug-likeness (QED) is 0.748. The van der Waals surface area contributed by atoms with Gasteiger partial charge in [-0.25, -0.2) is 9.97 Å². The summed E-state index contributed by atoms with van der Waals surface area (Å²) in [7, 11) is 0. The van der Waals surface area contributed by atoms with E-state index in [1.54, 1.807) is 0 Å². The van der Waals surface area contributed by atoms with Crippen LogP contribution in [0.5, 0.6) is 0 Å². The van der Waals surface area contributed by atoms with Gasteiger partial charge in [0.05, 0.1) is 0 Å². The molecular formula is C15H26N4. The Bertz CT molecular complexity index is 401. The molecule has 4 heteroatoms. The summed E-state index contributed by atoms with van der Waals surface area (Å²) in [5, 5.41) is 6.86. The third-order valence-corrected chi connectivity index (χ3v) is 3.53. The average Bonchev–Trinajstić information content (AvgIpc) is 3.22. The SMILES string of the molecule is CCCC(CC)Nc1cc(NCC)nc(C2CC2)n1. The van der Waals surface area contributed by atoms with Crippen molar-refractivity contribution < 1.29 is 0 Å². The number of aromatic nitrogens is 2. The van der Waals surface area contributed by atoms with E-state index in [1.165, 1.54) is 25.7 Å². The Hall–Kier alpha value is -1.32. The number of hydrogen-bond donors (Lipinski definition) is 2. The van der Waals surface area contributed by atoms with Crippen molar-refractivity contribution >= 4 is 11.6 Å². The van der Waals surface area contributed by atoms with E-state index in [-0.39, 0.29) is 0 Å². The molecule has 1 aliphatic rings. The lowest BCUT2D eigenvalue weighted by Gasteiger charge is -2.18. The minimum Gasteiger partial charge on any atom is -0.370 e. The van der Waals surface area contributed by atoms with E-state index < -0.39 is 0 Å². The van der Waals surface area contributed by atoms with Crippen LogP contribution >= 0.6 is 0 Å². The van der Waals surface area contributed by atoms with E-state index in [0.29, 0.717) is 12.0 Å². The first kappa shape index (κ1) is 14.1. The molecule has 19 heavy (non-hydrogen) atoms. The molecule has 1 aliphatic carbocycles. The number of nitrogens with one attached hydrogen (secondary N) is 2. The average molecular weight is 262 g/mol. The maximum absolute atomic E-state index is 4.69. The summed E-state index contributed by atoms with van der Waals surface area (Å²) < 4.78 is 0. The molecule has 106 valence electrons. The van der Waals surface area contributed by atoms with Crippen LogP contribution in [0.3, 0.4) is 0 Å². The molecule has 0 aromatic carbocycles. The van der Waals surface area contributed by atoms with E-state index >= 15 is 0 Å². The first-order chi connectivity index (χ1) is 9.26. The second-order valence-electron chi connectivity index (χ2n) is 5.34. The van der Waals surface area contributed by atoms with Crippen molar-refractivity contribution in [2.45, 2.75) is 64.8 Å². The standard InChI is InChI=1S/C15H26N4/c1-4-7-12(5-2)17-14-10-13(16-6-3)18-15(19-14)11-8-9-11/h10-12H,4-9H2,1-3H3,(H2,16,17,18,19). The van der Waals surface area contributed by atoms with Crippen LogP contribution < -0.4 is 10.6 Å². The van der Waals surface area contributed by atoms with Gasteiger partial charge in [-0.15, -0.1) is 0 Å². The minimum absolute atomic E-state index is 0.515. The van der Waals surface area contributed by atoms with Crippen LogP contribution in [0, 0.1) is 0 Å². The molecule has 0 radical (unpaired) electrons. The zero-order valence-corrected chi connectivity index (χ0v) is 12.4. The molecule has 1 saturated carbocycles. The number of rotatable bonds is 8. The molecule has 0 bridgehead atoms. The highest BCUT2D eigenvalue weighted by Gasteiger charge is 2.27. The fraction of sp³-hybridized carbons (Fsp3) is 0.733. The van der Waals surface area contributed by atoms with Crippen LogP contribution in [0.2, 0.25) is 0 Å². The van der Waals surface area contributed by atoms with Crippen molar-refractivity contribution in [2.24, 2.45) is 0 Å². The Kier molecular flexibility index (Phi) is 5.00. The van der Waals surface area contributed by atoms with Crippen molar-refractivity contribution in [3.8, 4) is 0 Å². The van der Waals surface area contributed by atoms with Crippen LogP contribution in [0.25, 0.3) is 0 Å². The lowest BCUT2D eigenvalue weighted by molar-refractivity contribution is 0.619.